The molecule has 1 N–H and O–H groups in total. The quantitative estimate of drug-likeness (QED) is 0.773. The number of carbonyl (C=O) groups excluding carboxylic acids is 1. The molecule has 2 aliphatic heterocycles. The lowest BCUT2D eigenvalue weighted by Gasteiger charge is -2.37. The van der Waals surface area contributed by atoms with Crippen molar-refractivity contribution in [1.82, 2.24) is 14.9 Å². The molecule has 0 aromatic carbocycles. The molecule has 1 aromatic rings. The lowest BCUT2D eigenvalue weighted by molar-refractivity contribution is -0.181. The number of piperidine rings is 1. The summed E-state index contributed by atoms with van der Waals surface area (Å²) in [6.45, 7) is 3.87. The number of hydrogen-bond acceptors (Lipinski definition) is 7. The van der Waals surface area contributed by atoms with Crippen LogP contribution in [0.15, 0.2) is 12.3 Å². The predicted octanol–water partition coefficient (Wildman–Crippen LogP) is 0.904. The molecular formula is C16H24N4O4. The summed E-state index contributed by atoms with van der Waals surface area (Å²) in [4.78, 5) is 22.9. The van der Waals surface area contributed by atoms with Gasteiger partial charge in [-0.25, -0.2) is 9.97 Å². The van der Waals surface area contributed by atoms with Crippen LogP contribution in [0.5, 0.6) is 0 Å². The highest BCUT2D eigenvalue weighted by molar-refractivity contribution is 5.92. The Kier molecular flexibility index (Phi) is 5.60. The Labute approximate surface area is 141 Å². The average molecular weight is 336 g/mol. The molecule has 1 amide bonds. The Morgan fingerprint density at radius 2 is 2.12 bits per heavy atom. The van der Waals surface area contributed by atoms with Crippen molar-refractivity contribution in [2.24, 2.45) is 0 Å². The van der Waals surface area contributed by atoms with Crippen molar-refractivity contribution in [3.05, 3.63) is 18.0 Å². The fourth-order valence-corrected chi connectivity index (χ4v) is 2.98. The van der Waals surface area contributed by atoms with Crippen molar-refractivity contribution in [1.29, 1.82) is 0 Å². The Bertz CT molecular complexity index is 553. The number of aromatic nitrogens is 2. The molecule has 8 heteroatoms. The van der Waals surface area contributed by atoms with Gasteiger partial charge < -0.3 is 24.4 Å². The van der Waals surface area contributed by atoms with Crippen LogP contribution in [-0.4, -0.2) is 73.1 Å². The topological polar surface area (TPSA) is 85.8 Å². The summed E-state index contributed by atoms with van der Waals surface area (Å²) in [6.07, 6.45) is 3.86. The second-order valence-corrected chi connectivity index (χ2v) is 5.94. The van der Waals surface area contributed by atoms with E-state index in [1.165, 1.54) is 0 Å². The van der Waals surface area contributed by atoms with E-state index in [1.54, 1.807) is 24.3 Å². The maximum absolute atomic E-state index is 12.6. The number of rotatable bonds is 6. The number of methoxy groups -OCH3 is 1. The minimum absolute atomic E-state index is 0.0785. The summed E-state index contributed by atoms with van der Waals surface area (Å²) < 4.78 is 16.4. The molecule has 3 heterocycles. The van der Waals surface area contributed by atoms with Gasteiger partial charge in [0.05, 0.1) is 13.2 Å². The molecule has 8 nitrogen and oxygen atoms in total. The van der Waals surface area contributed by atoms with Gasteiger partial charge >= 0.3 is 0 Å². The van der Waals surface area contributed by atoms with Gasteiger partial charge in [-0.3, -0.25) is 4.79 Å². The van der Waals surface area contributed by atoms with Crippen molar-refractivity contribution >= 4 is 11.9 Å². The molecular weight excluding hydrogens is 312 g/mol. The predicted molar refractivity (Wildman–Crippen MR) is 86.8 cm³/mol. The third-order valence-corrected chi connectivity index (χ3v) is 4.31. The Morgan fingerprint density at radius 1 is 1.38 bits per heavy atom. The Hall–Kier alpha value is -1.77. The molecule has 132 valence electrons. The summed E-state index contributed by atoms with van der Waals surface area (Å²) in [7, 11) is 1.67. The van der Waals surface area contributed by atoms with Gasteiger partial charge in [0, 0.05) is 52.4 Å². The van der Waals surface area contributed by atoms with Crippen LogP contribution < -0.4 is 5.32 Å². The number of nitrogens with zero attached hydrogens (tertiary/aromatic N) is 3. The molecule has 0 aliphatic carbocycles. The lowest BCUT2D eigenvalue weighted by atomic mass is 10.0. The molecule has 2 fully saturated rings. The molecule has 0 radical (unpaired) electrons. The zero-order valence-corrected chi connectivity index (χ0v) is 14.0. The van der Waals surface area contributed by atoms with E-state index >= 15 is 0 Å². The number of nitrogens with one attached hydrogen (secondary N) is 1. The van der Waals surface area contributed by atoms with Crippen LogP contribution in [0.2, 0.25) is 0 Å². The number of carbonyl (C=O) groups is 1. The van der Waals surface area contributed by atoms with E-state index in [2.05, 4.69) is 15.3 Å². The minimum Gasteiger partial charge on any atom is -0.385 e. The number of hydrogen-bond donors (Lipinski definition) is 1. The second-order valence-electron chi connectivity index (χ2n) is 5.94. The Morgan fingerprint density at radius 3 is 2.83 bits per heavy atom. The first-order valence-electron chi connectivity index (χ1n) is 8.35. The molecule has 2 aliphatic rings. The molecule has 24 heavy (non-hydrogen) atoms. The molecule has 0 unspecified atom stereocenters. The summed E-state index contributed by atoms with van der Waals surface area (Å²) >= 11 is 0. The lowest BCUT2D eigenvalue weighted by Crippen LogP contribution is -2.47. The van der Waals surface area contributed by atoms with Gasteiger partial charge in [-0.1, -0.05) is 0 Å². The van der Waals surface area contributed by atoms with Crippen LogP contribution in [0.3, 0.4) is 0 Å². The van der Waals surface area contributed by atoms with Crippen LogP contribution in [-0.2, 0) is 14.2 Å². The fraction of sp³-hybridized carbons (Fsp3) is 0.688. The highest BCUT2D eigenvalue weighted by Crippen LogP contribution is 2.31. The molecule has 0 saturated carbocycles. The smallest absolute Gasteiger partial charge is 0.272 e. The molecule has 2 saturated heterocycles. The number of ether oxygens (including phenoxy) is 3. The van der Waals surface area contributed by atoms with Crippen molar-refractivity contribution in [2.45, 2.75) is 25.0 Å². The summed E-state index contributed by atoms with van der Waals surface area (Å²) in [5, 5.41) is 3.10. The van der Waals surface area contributed by atoms with E-state index < -0.39 is 5.79 Å². The minimum atomic E-state index is -0.476. The summed E-state index contributed by atoms with van der Waals surface area (Å²) in [5.41, 5.74) is 0.406. The van der Waals surface area contributed by atoms with Crippen LogP contribution in [0, 0.1) is 0 Å². The summed E-state index contributed by atoms with van der Waals surface area (Å²) in [5.74, 6) is -0.0886. The zero-order valence-electron chi connectivity index (χ0n) is 14.0. The van der Waals surface area contributed by atoms with Crippen LogP contribution in [0.1, 0.15) is 29.8 Å². The van der Waals surface area contributed by atoms with Gasteiger partial charge in [0.25, 0.3) is 5.91 Å². The van der Waals surface area contributed by atoms with Crippen molar-refractivity contribution in [3.63, 3.8) is 0 Å². The first-order valence-corrected chi connectivity index (χ1v) is 8.35. The van der Waals surface area contributed by atoms with Crippen LogP contribution in [0.25, 0.3) is 0 Å². The van der Waals surface area contributed by atoms with E-state index in [4.69, 9.17) is 14.2 Å². The molecule has 3 rings (SSSR count). The fourth-order valence-electron chi connectivity index (χ4n) is 2.98. The van der Waals surface area contributed by atoms with E-state index in [1.807, 2.05) is 0 Å². The molecule has 0 bridgehead atoms. The summed E-state index contributed by atoms with van der Waals surface area (Å²) in [6, 6.07) is 1.65. The highest BCUT2D eigenvalue weighted by Gasteiger charge is 2.41. The number of anilines is 1. The van der Waals surface area contributed by atoms with Gasteiger partial charge in [0.1, 0.15) is 5.69 Å². The third-order valence-electron chi connectivity index (χ3n) is 4.31. The van der Waals surface area contributed by atoms with Gasteiger partial charge in [-0.2, -0.15) is 0 Å². The second kappa shape index (κ2) is 7.87. The average Bonchev–Trinajstić information content (AvgIpc) is 3.07. The van der Waals surface area contributed by atoms with Crippen molar-refractivity contribution in [3.8, 4) is 0 Å². The standard InChI is InChI=1S/C16H24N4O4/c1-22-10-2-6-17-15-18-7-3-13(19-15)14(21)20-8-4-16(5-9-20)23-11-12-24-16/h3,7H,2,4-6,8-12H2,1H3,(H,17,18,19). The van der Waals surface area contributed by atoms with E-state index in [0.29, 0.717) is 63.9 Å². The number of likely N-dealkylation sites (tertiary alicyclic amines) is 1. The van der Waals surface area contributed by atoms with Gasteiger partial charge in [0.2, 0.25) is 5.95 Å². The van der Waals surface area contributed by atoms with Crippen molar-refractivity contribution < 1.29 is 19.0 Å². The maximum atomic E-state index is 12.6. The maximum Gasteiger partial charge on any atom is 0.272 e. The monoisotopic (exact) mass is 336 g/mol. The van der Waals surface area contributed by atoms with Gasteiger partial charge in [-0.05, 0) is 12.5 Å². The first kappa shape index (κ1) is 17.1. The Balaban J connectivity index is 1.55. The SMILES string of the molecule is COCCCNc1nccc(C(=O)N2CCC3(CC2)OCCO3)n1. The van der Waals surface area contributed by atoms with Gasteiger partial charge in [0.15, 0.2) is 5.79 Å². The van der Waals surface area contributed by atoms with Gasteiger partial charge in [-0.15, -0.1) is 0 Å². The third kappa shape index (κ3) is 4.00. The normalized spacial score (nSPS) is 19.6. The van der Waals surface area contributed by atoms with Crippen LogP contribution >= 0.6 is 0 Å². The first-order chi connectivity index (χ1) is 11.7. The molecule has 0 atom stereocenters. The zero-order chi connectivity index (χ0) is 16.8. The number of amides is 1. The van der Waals surface area contributed by atoms with Crippen LogP contribution in [0.4, 0.5) is 5.95 Å². The van der Waals surface area contributed by atoms with E-state index in [-0.39, 0.29) is 5.91 Å². The van der Waals surface area contributed by atoms with Crippen molar-refractivity contribution in [2.75, 3.05) is 51.9 Å². The highest BCUT2D eigenvalue weighted by atomic mass is 16.7. The molecule has 1 aromatic heterocycles. The molecule has 1 spiro atoms. The van der Waals surface area contributed by atoms with E-state index in [9.17, 15) is 4.79 Å². The largest absolute Gasteiger partial charge is 0.385 e. The van der Waals surface area contributed by atoms with E-state index in [0.717, 1.165) is 6.42 Å².